The molecule has 0 saturated heterocycles. The zero-order valence-electron chi connectivity index (χ0n) is 12.2. The van der Waals surface area contributed by atoms with Gasteiger partial charge in [-0.25, -0.2) is 22.0 Å². The van der Waals surface area contributed by atoms with E-state index < -0.39 is 15.8 Å². The van der Waals surface area contributed by atoms with E-state index in [2.05, 4.69) is 9.82 Å². The zero-order chi connectivity index (χ0) is 16.4. The van der Waals surface area contributed by atoms with Crippen LogP contribution in [-0.4, -0.2) is 25.1 Å². The second-order valence-corrected chi connectivity index (χ2v) is 6.56. The van der Waals surface area contributed by atoms with Gasteiger partial charge in [-0.2, -0.15) is 5.10 Å². The van der Waals surface area contributed by atoms with Crippen molar-refractivity contribution in [2.24, 2.45) is 0 Å². The number of sulfonamides is 1. The largest absolute Gasteiger partial charge is 0.495 e. The third kappa shape index (κ3) is 3.03. The number of aromatic nitrogens is 2. The Hall–Kier alpha value is -2.45. The van der Waals surface area contributed by atoms with E-state index in [-0.39, 0.29) is 17.2 Å². The molecule has 0 aliphatic rings. The second-order valence-electron chi connectivity index (χ2n) is 4.82. The summed E-state index contributed by atoms with van der Waals surface area (Å²) in [5.41, 5.74) is 1.51. The smallest absolute Gasteiger partial charge is 0.244 e. The van der Waals surface area contributed by atoms with Crippen LogP contribution < -0.4 is 9.46 Å². The molecular weight excluding hydrogens is 321 g/mol. The molecule has 0 aliphatic carbocycles. The molecule has 0 atom stereocenters. The van der Waals surface area contributed by atoms with Crippen LogP contribution in [0.25, 0.3) is 5.52 Å². The summed E-state index contributed by atoms with van der Waals surface area (Å²) in [4.78, 5) is -0.239. The van der Waals surface area contributed by atoms with Gasteiger partial charge >= 0.3 is 0 Å². The van der Waals surface area contributed by atoms with E-state index >= 15 is 0 Å². The summed E-state index contributed by atoms with van der Waals surface area (Å²) in [5, 5.41) is 4.14. The molecule has 0 spiro atoms. The summed E-state index contributed by atoms with van der Waals surface area (Å²) in [6.07, 6.45) is 3.35. The van der Waals surface area contributed by atoms with Crippen LogP contribution in [0.5, 0.6) is 5.75 Å². The molecule has 1 aromatic carbocycles. The van der Waals surface area contributed by atoms with E-state index in [1.165, 1.54) is 13.2 Å². The van der Waals surface area contributed by atoms with Gasteiger partial charge in [0.2, 0.25) is 10.0 Å². The van der Waals surface area contributed by atoms with Crippen LogP contribution in [0.3, 0.4) is 0 Å². The lowest BCUT2D eigenvalue weighted by Crippen LogP contribution is -2.23. The fourth-order valence-corrected chi connectivity index (χ4v) is 3.42. The number of nitrogens with one attached hydrogen (secondary N) is 1. The minimum absolute atomic E-state index is 0.0372. The van der Waals surface area contributed by atoms with Gasteiger partial charge in [-0.05, 0) is 30.3 Å². The Balaban J connectivity index is 1.89. The fraction of sp³-hybridized carbons (Fsp3) is 0.133. The van der Waals surface area contributed by atoms with E-state index in [0.29, 0.717) is 5.56 Å². The molecule has 0 saturated carbocycles. The summed E-state index contributed by atoms with van der Waals surface area (Å²) in [5.74, 6) is -0.569. The fourth-order valence-electron chi connectivity index (χ4n) is 2.23. The molecule has 3 rings (SSSR count). The van der Waals surface area contributed by atoms with E-state index in [1.54, 1.807) is 16.9 Å². The summed E-state index contributed by atoms with van der Waals surface area (Å²) in [6.45, 7) is 0.0372. The predicted molar refractivity (Wildman–Crippen MR) is 82.2 cm³/mol. The number of benzene rings is 1. The number of hydrogen-bond donors (Lipinski definition) is 1. The Labute approximate surface area is 132 Å². The Bertz CT molecular complexity index is 954. The molecule has 6 nitrogen and oxygen atoms in total. The number of hydrogen-bond acceptors (Lipinski definition) is 4. The molecule has 2 heterocycles. The van der Waals surface area contributed by atoms with Crippen LogP contribution in [0.4, 0.5) is 4.39 Å². The van der Waals surface area contributed by atoms with E-state index in [0.717, 1.165) is 17.6 Å². The molecular formula is C15H14FN3O3S. The quantitative estimate of drug-likeness (QED) is 0.774. The van der Waals surface area contributed by atoms with Crippen LogP contribution in [0.15, 0.2) is 53.7 Å². The number of ether oxygens (including phenoxy) is 1. The molecule has 0 aliphatic heterocycles. The van der Waals surface area contributed by atoms with Crippen molar-refractivity contribution in [2.45, 2.75) is 11.4 Å². The minimum Gasteiger partial charge on any atom is -0.495 e. The van der Waals surface area contributed by atoms with E-state index in [4.69, 9.17) is 4.74 Å². The van der Waals surface area contributed by atoms with Gasteiger partial charge in [-0.15, -0.1) is 0 Å². The predicted octanol–water partition coefficient (Wildman–Crippen LogP) is 1.96. The number of methoxy groups -OCH3 is 1. The zero-order valence-corrected chi connectivity index (χ0v) is 13.0. The molecule has 0 radical (unpaired) electrons. The molecule has 0 unspecified atom stereocenters. The van der Waals surface area contributed by atoms with Crippen molar-refractivity contribution in [1.29, 1.82) is 0 Å². The highest BCUT2D eigenvalue weighted by Gasteiger charge is 2.20. The first kappa shape index (κ1) is 15.4. The lowest BCUT2D eigenvalue weighted by Gasteiger charge is -2.10. The van der Waals surface area contributed by atoms with Gasteiger partial charge in [0.15, 0.2) is 0 Å². The number of rotatable bonds is 5. The molecule has 0 amide bonds. The monoisotopic (exact) mass is 335 g/mol. The average molecular weight is 335 g/mol. The van der Waals surface area contributed by atoms with Gasteiger partial charge in [0.25, 0.3) is 0 Å². The summed E-state index contributed by atoms with van der Waals surface area (Å²) in [7, 11) is -2.59. The summed E-state index contributed by atoms with van der Waals surface area (Å²) < 4.78 is 47.3. The molecule has 8 heteroatoms. The van der Waals surface area contributed by atoms with Crippen molar-refractivity contribution >= 4 is 15.5 Å². The Morgan fingerprint density at radius 1 is 1.30 bits per heavy atom. The van der Waals surface area contributed by atoms with Gasteiger partial charge in [0, 0.05) is 18.3 Å². The maximum absolute atomic E-state index is 13.4. The van der Waals surface area contributed by atoms with Crippen molar-refractivity contribution < 1.29 is 17.5 Å². The van der Waals surface area contributed by atoms with Crippen LogP contribution in [0.2, 0.25) is 0 Å². The van der Waals surface area contributed by atoms with Crippen molar-refractivity contribution in [2.75, 3.05) is 7.11 Å². The Kier molecular flexibility index (Phi) is 4.01. The van der Waals surface area contributed by atoms with Gasteiger partial charge in [0.05, 0.1) is 18.8 Å². The standard InChI is InChI=1S/C15H14FN3O3S/c1-22-14-6-5-12(16)8-15(14)23(20,21)18-10-11-9-17-19-7-3-2-4-13(11)19/h2-9,18H,10H2,1H3. The van der Waals surface area contributed by atoms with Crippen LogP contribution in [0.1, 0.15) is 5.56 Å². The maximum atomic E-state index is 13.4. The lowest BCUT2D eigenvalue weighted by atomic mass is 10.3. The first-order chi connectivity index (χ1) is 11.0. The number of halogens is 1. The first-order valence-corrected chi connectivity index (χ1v) is 8.24. The highest BCUT2D eigenvalue weighted by atomic mass is 32.2. The van der Waals surface area contributed by atoms with Crippen LogP contribution in [0, 0.1) is 5.82 Å². The SMILES string of the molecule is COc1ccc(F)cc1S(=O)(=O)NCc1cnn2ccccc12. The lowest BCUT2D eigenvalue weighted by molar-refractivity contribution is 0.400. The highest BCUT2D eigenvalue weighted by molar-refractivity contribution is 7.89. The molecule has 1 N–H and O–H groups in total. The third-order valence-electron chi connectivity index (χ3n) is 3.37. The molecule has 23 heavy (non-hydrogen) atoms. The van der Waals surface area contributed by atoms with Gasteiger partial charge in [-0.1, -0.05) is 6.07 Å². The summed E-state index contributed by atoms with van der Waals surface area (Å²) in [6, 6.07) is 8.84. The van der Waals surface area contributed by atoms with Gasteiger partial charge < -0.3 is 4.74 Å². The minimum atomic E-state index is -3.92. The third-order valence-corrected chi connectivity index (χ3v) is 4.80. The Morgan fingerprint density at radius 2 is 2.13 bits per heavy atom. The number of nitrogens with zero attached hydrogens (tertiary/aromatic N) is 2. The van der Waals surface area contributed by atoms with Gasteiger partial charge in [-0.3, -0.25) is 0 Å². The molecule has 120 valence electrons. The molecule has 2 aromatic heterocycles. The molecule has 3 aromatic rings. The normalized spacial score (nSPS) is 11.7. The number of fused-ring (bicyclic) bond motifs is 1. The topological polar surface area (TPSA) is 72.7 Å². The maximum Gasteiger partial charge on any atom is 0.244 e. The van der Waals surface area contributed by atoms with Gasteiger partial charge in [0.1, 0.15) is 16.5 Å². The summed E-state index contributed by atoms with van der Waals surface area (Å²) >= 11 is 0. The van der Waals surface area contributed by atoms with Crippen molar-refractivity contribution in [3.63, 3.8) is 0 Å². The van der Waals surface area contributed by atoms with Crippen LogP contribution in [-0.2, 0) is 16.6 Å². The first-order valence-electron chi connectivity index (χ1n) is 6.76. The average Bonchev–Trinajstić information content (AvgIpc) is 2.96. The van der Waals surface area contributed by atoms with Crippen LogP contribution >= 0.6 is 0 Å². The second kappa shape index (κ2) is 5.98. The Morgan fingerprint density at radius 3 is 2.91 bits per heavy atom. The molecule has 0 bridgehead atoms. The van der Waals surface area contributed by atoms with Crippen molar-refractivity contribution in [1.82, 2.24) is 14.3 Å². The van der Waals surface area contributed by atoms with Crippen molar-refractivity contribution in [3.8, 4) is 5.75 Å². The van der Waals surface area contributed by atoms with E-state index in [9.17, 15) is 12.8 Å². The van der Waals surface area contributed by atoms with E-state index in [1.807, 2.05) is 18.2 Å². The van der Waals surface area contributed by atoms with Crippen molar-refractivity contribution in [3.05, 3.63) is 60.2 Å². The highest BCUT2D eigenvalue weighted by Crippen LogP contribution is 2.24. The molecule has 0 fully saturated rings. The number of pyridine rings is 1.